The number of aromatic nitrogens is 2. The molecule has 0 aliphatic carbocycles. The van der Waals surface area contributed by atoms with E-state index >= 15 is 0 Å². The van der Waals surface area contributed by atoms with Crippen LogP contribution in [0.3, 0.4) is 0 Å². The molecule has 232 valence electrons. The van der Waals surface area contributed by atoms with Gasteiger partial charge in [0, 0.05) is 53.7 Å². The molecule has 1 unspecified atom stereocenters. The van der Waals surface area contributed by atoms with Crippen molar-refractivity contribution in [3.63, 3.8) is 0 Å². The zero-order chi connectivity index (χ0) is 32.1. The van der Waals surface area contributed by atoms with E-state index in [1.807, 2.05) is 0 Å². The molecular formula is C32H29Cl2N5O6. The second-order valence-corrected chi connectivity index (χ2v) is 11.1. The van der Waals surface area contributed by atoms with Crippen LogP contribution in [-0.2, 0) is 17.9 Å². The highest BCUT2D eigenvalue weighted by Crippen LogP contribution is 2.41. The van der Waals surface area contributed by atoms with Gasteiger partial charge < -0.3 is 30.5 Å². The molecule has 1 atom stereocenters. The minimum absolute atomic E-state index is 0.0571. The van der Waals surface area contributed by atoms with Gasteiger partial charge in [0.25, 0.3) is 5.91 Å². The second-order valence-electron chi connectivity index (χ2n) is 10.3. The second kappa shape index (κ2) is 13.9. The van der Waals surface area contributed by atoms with Crippen LogP contribution in [0, 0.1) is 0 Å². The number of benzene rings is 2. The molecule has 4 aromatic rings. The van der Waals surface area contributed by atoms with Gasteiger partial charge in [-0.05, 0) is 36.2 Å². The summed E-state index contributed by atoms with van der Waals surface area (Å²) in [4.78, 5) is 46.2. The lowest BCUT2D eigenvalue weighted by atomic mass is 10.0. The van der Waals surface area contributed by atoms with Gasteiger partial charge in [0.05, 0.1) is 41.7 Å². The molecule has 0 saturated carbocycles. The number of nitrogens with one attached hydrogen (secondary N) is 2. The Hall–Kier alpha value is -4.71. The first-order chi connectivity index (χ1) is 21.7. The minimum Gasteiger partial charge on any atom is -0.496 e. The van der Waals surface area contributed by atoms with Crippen LogP contribution in [0.15, 0.2) is 67.0 Å². The molecule has 1 saturated heterocycles. The Morgan fingerprint density at radius 1 is 1.09 bits per heavy atom. The molecular weight excluding hydrogens is 621 g/mol. The molecule has 45 heavy (non-hydrogen) atoms. The van der Waals surface area contributed by atoms with Crippen LogP contribution in [-0.4, -0.2) is 62.7 Å². The van der Waals surface area contributed by atoms with Gasteiger partial charge in [-0.25, -0.2) is 4.79 Å². The van der Waals surface area contributed by atoms with E-state index < -0.39 is 12.0 Å². The molecule has 13 heteroatoms. The van der Waals surface area contributed by atoms with Gasteiger partial charge in [-0.2, -0.15) is 0 Å². The smallest absolute Gasteiger partial charge is 0.407 e. The fraction of sp³-hybridized carbons (Fsp3) is 0.219. The predicted molar refractivity (Wildman–Crippen MR) is 169 cm³/mol. The number of amides is 3. The Morgan fingerprint density at radius 3 is 2.56 bits per heavy atom. The van der Waals surface area contributed by atoms with Gasteiger partial charge >= 0.3 is 6.09 Å². The Bertz CT molecular complexity index is 1750. The van der Waals surface area contributed by atoms with Crippen molar-refractivity contribution in [3.8, 4) is 28.1 Å². The average molecular weight is 651 g/mol. The molecule has 1 fully saturated rings. The van der Waals surface area contributed by atoms with Crippen molar-refractivity contribution < 1.29 is 29.3 Å². The first-order valence-electron chi connectivity index (χ1n) is 13.9. The number of anilines is 1. The van der Waals surface area contributed by atoms with Crippen molar-refractivity contribution in [2.45, 2.75) is 32.0 Å². The predicted octanol–water partition coefficient (Wildman–Crippen LogP) is 5.63. The lowest BCUT2D eigenvalue weighted by Gasteiger charge is -2.24. The summed E-state index contributed by atoms with van der Waals surface area (Å²) in [6.45, 7) is 0.0375. The van der Waals surface area contributed by atoms with Gasteiger partial charge in [-0.3, -0.25) is 19.6 Å². The van der Waals surface area contributed by atoms with Crippen LogP contribution in [0.5, 0.6) is 5.75 Å². The van der Waals surface area contributed by atoms with E-state index in [1.54, 1.807) is 54.7 Å². The number of carboxylic acid groups (broad SMARTS) is 1. The van der Waals surface area contributed by atoms with Gasteiger partial charge in [-0.15, -0.1) is 0 Å². The normalized spacial score (nSPS) is 14.1. The Labute approximate surface area is 268 Å². The molecule has 11 nitrogen and oxygen atoms in total. The summed E-state index contributed by atoms with van der Waals surface area (Å²) in [7, 11) is 1.49. The van der Waals surface area contributed by atoms with Crippen LogP contribution in [0.25, 0.3) is 22.4 Å². The fourth-order valence-electron chi connectivity index (χ4n) is 5.05. The number of hydrogen-bond donors (Lipinski definition) is 4. The summed E-state index contributed by atoms with van der Waals surface area (Å²) in [5, 5.41) is 25.2. The van der Waals surface area contributed by atoms with Gasteiger partial charge in [0.2, 0.25) is 5.91 Å². The molecule has 1 aliphatic heterocycles. The molecule has 3 heterocycles. The Morgan fingerprint density at radius 2 is 1.89 bits per heavy atom. The summed E-state index contributed by atoms with van der Waals surface area (Å²) in [5.41, 5.74) is 3.94. The van der Waals surface area contributed by atoms with E-state index in [-0.39, 0.29) is 42.4 Å². The van der Waals surface area contributed by atoms with Crippen LogP contribution in [0.4, 0.5) is 10.5 Å². The van der Waals surface area contributed by atoms with E-state index in [4.69, 9.17) is 27.9 Å². The monoisotopic (exact) mass is 649 g/mol. The van der Waals surface area contributed by atoms with Crippen molar-refractivity contribution in [3.05, 3.63) is 93.9 Å². The summed E-state index contributed by atoms with van der Waals surface area (Å²) in [6, 6.07) is 15.0. The molecule has 3 amide bonds. The number of carbonyl (C=O) groups excluding carboxylic acids is 2. The minimum atomic E-state index is -1.11. The summed E-state index contributed by atoms with van der Waals surface area (Å²) in [5.74, 6) is -0.110. The highest BCUT2D eigenvalue weighted by Gasteiger charge is 2.26. The number of aliphatic hydroxyl groups excluding tert-OH is 1. The first-order valence-corrected chi connectivity index (χ1v) is 14.7. The van der Waals surface area contributed by atoms with Crippen molar-refractivity contribution >= 4 is 46.8 Å². The maximum Gasteiger partial charge on any atom is 0.407 e. The number of ether oxygens (including phenoxy) is 1. The molecule has 2 aromatic heterocycles. The number of hydrogen-bond acceptors (Lipinski definition) is 7. The fourth-order valence-corrected chi connectivity index (χ4v) is 5.64. The summed E-state index contributed by atoms with van der Waals surface area (Å²) in [6.07, 6.45) is 2.87. The van der Waals surface area contributed by atoms with Crippen molar-refractivity contribution in [2.75, 3.05) is 19.0 Å². The number of rotatable bonds is 10. The Balaban J connectivity index is 1.40. The maximum absolute atomic E-state index is 12.8. The summed E-state index contributed by atoms with van der Waals surface area (Å²) >= 11 is 13.7. The van der Waals surface area contributed by atoms with E-state index in [1.165, 1.54) is 24.3 Å². The van der Waals surface area contributed by atoms with Crippen molar-refractivity contribution in [2.24, 2.45) is 0 Å². The topological polar surface area (TPSA) is 154 Å². The van der Waals surface area contributed by atoms with Crippen LogP contribution in [0.1, 0.15) is 34.5 Å². The van der Waals surface area contributed by atoms with Crippen LogP contribution in [0.2, 0.25) is 10.0 Å². The van der Waals surface area contributed by atoms with Crippen LogP contribution < -0.4 is 15.4 Å². The largest absolute Gasteiger partial charge is 0.496 e. The van der Waals surface area contributed by atoms with E-state index in [0.717, 1.165) is 0 Å². The van der Waals surface area contributed by atoms with Gasteiger partial charge in [-0.1, -0.05) is 53.5 Å². The third-order valence-electron chi connectivity index (χ3n) is 7.38. The molecule has 4 N–H and O–H groups in total. The molecule has 0 bridgehead atoms. The molecule has 0 radical (unpaired) electrons. The van der Waals surface area contributed by atoms with E-state index in [9.17, 15) is 24.6 Å². The maximum atomic E-state index is 12.8. The molecule has 0 spiro atoms. The Kier molecular flexibility index (Phi) is 9.82. The third kappa shape index (κ3) is 7.17. The summed E-state index contributed by atoms with van der Waals surface area (Å²) < 4.78 is 5.61. The molecule has 1 aliphatic rings. The number of carbonyl (C=O) groups is 3. The SMILES string of the molecule is COc1cc(-c2nccc(-c3cccc(NC(=O)c4ccc(CO)cn4)c3Cl)c2Cl)ccc1CN(CC1CCC(=O)N1)C(=O)O. The van der Waals surface area contributed by atoms with Crippen LogP contribution >= 0.6 is 23.2 Å². The van der Waals surface area contributed by atoms with Gasteiger partial charge in [0.15, 0.2) is 0 Å². The number of pyridine rings is 2. The third-order valence-corrected chi connectivity index (χ3v) is 8.17. The number of aliphatic hydroxyl groups is 1. The zero-order valence-corrected chi connectivity index (χ0v) is 25.6. The zero-order valence-electron chi connectivity index (χ0n) is 24.1. The van der Waals surface area contributed by atoms with E-state index in [2.05, 4.69) is 20.6 Å². The number of methoxy groups -OCH3 is 1. The van der Waals surface area contributed by atoms with E-state index in [0.29, 0.717) is 62.8 Å². The lowest BCUT2D eigenvalue weighted by Crippen LogP contribution is -2.41. The number of nitrogens with zero attached hydrogens (tertiary/aromatic N) is 3. The highest BCUT2D eigenvalue weighted by atomic mass is 35.5. The first kappa shape index (κ1) is 31.7. The number of halogens is 2. The van der Waals surface area contributed by atoms with Crippen molar-refractivity contribution in [1.82, 2.24) is 20.2 Å². The van der Waals surface area contributed by atoms with Gasteiger partial charge in [0.1, 0.15) is 11.4 Å². The molecule has 5 rings (SSSR count). The average Bonchev–Trinajstić information content (AvgIpc) is 3.46. The quantitative estimate of drug-likeness (QED) is 0.172. The lowest BCUT2D eigenvalue weighted by molar-refractivity contribution is -0.119. The standard InChI is InChI=1S/C32H29Cl2N5O6/c1-45-26-13-19(6-7-20(26)15-39(32(43)44)16-21-8-10-27(41)37-21)30-29(34)23(11-12-35-30)22-3-2-4-24(28(22)33)38-31(42)25-9-5-18(17-40)14-36-25/h2-7,9,11-14,21,40H,8,10,15-17H2,1H3,(H,37,41)(H,38,42)(H,43,44). The molecule has 2 aromatic carbocycles. The van der Waals surface area contributed by atoms with Crippen molar-refractivity contribution in [1.29, 1.82) is 0 Å². The highest BCUT2D eigenvalue weighted by molar-refractivity contribution is 6.39.